The Labute approximate surface area is 103 Å². The van der Waals surface area contributed by atoms with Crippen molar-refractivity contribution in [1.29, 1.82) is 0 Å². The smallest absolute Gasteiger partial charge is 0.120 e. The third-order valence-electron chi connectivity index (χ3n) is 2.98. The first-order valence-electron chi connectivity index (χ1n) is 5.97. The number of rotatable bonds is 4. The highest BCUT2D eigenvalue weighted by Gasteiger charge is 2.15. The van der Waals surface area contributed by atoms with Crippen LogP contribution < -0.4 is 15.0 Å². The Morgan fingerprint density at radius 1 is 1.53 bits per heavy atom. The third-order valence-corrected chi connectivity index (χ3v) is 2.98. The minimum atomic E-state index is 0.264. The zero-order valence-corrected chi connectivity index (χ0v) is 10.5. The van der Waals surface area contributed by atoms with Crippen LogP contribution in [0.4, 0.5) is 5.69 Å². The fourth-order valence-corrected chi connectivity index (χ4v) is 2.00. The highest BCUT2D eigenvalue weighted by atomic mass is 16.5. The molecule has 0 radical (unpaired) electrons. The largest absolute Gasteiger partial charge is 0.497 e. The van der Waals surface area contributed by atoms with E-state index in [9.17, 15) is 0 Å². The number of ether oxygens (including phenoxy) is 2. The van der Waals surface area contributed by atoms with E-state index in [4.69, 9.17) is 9.47 Å². The summed E-state index contributed by atoms with van der Waals surface area (Å²) in [7, 11) is 3.76. The van der Waals surface area contributed by atoms with Gasteiger partial charge in [-0.25, -0.2) is 0 Å². The van der Waals surface area contributed by atoms with Crippen molar-refractivity contribution in [2.45, 2.75) is 6.10 Å². The van der Waals surface area contributed by atoms with Crippen LogP contribution in [0.3, 0.4) is 0 Å². The molecule has 0 spiro atoms. The van der Waals surface area contributed by atoms with Crippen LogP contribution >= 0.6 is 0 Å². The number of hydrogen-bond acceptors (Lipinski definition) is 4. The van der Waals surface area contributed by atoms with Gasteiger partial charge in [-0.3, -0.25) is 0 Å². The minimum Gasteiger partial charge on any atom is -0.497 e. The van der Waals surface area contributed by atoms with Crippen molar-refractivity contribution < 1.29 is 9.47 Å². The Morgan fingerprint density at radius 2 is 2.41 bits per heavy atom. The van der Waals surface area contributed by atoms with Gasteiger partial charge in [0.05, 0.1) is 19.8 Å². The van der Waals surface area contributed by atoms with Crippen LogP contribution in [0.25, 0.3) is 0 Å². The van der Waals surface area contributed by atoms with E-state index in [2.05, 4.69) is 23.3 Å². The minimum absolute atomic E-state index is 0.264. The summed E-state index contributed by atoms with van der Waals surface area (Å²) < 4.78 is 10.9. The predicted molar refractivity (Wildman–Crippen MR) is 68.9 cm³/mol. The number of anilines is 1. The van der Waals surface area contributed by atoms with Gasteiger partial charge in [0.15, 0.2) is 0 Å². The zero-order chi connectivity index (χ0) is 12.1. The maximum atomic E-state index is 5.69. The summed E-state index contributed by atoms with van der Waals surface area (Å²) in [5, 5.41) is 3.34. The predicted octanol–water partition coefficient (Wildman–Crippen LogP) is 1.12. The quantitative estimate of drug-likeness (QED) is 0.849. The molecule has 1 saturated heterocycles. The summed E-state index contributed by atoms with van der Waals surface area (Å²) in [4.78, 5) is 2.19. The van der Waals surface area contributed by atoms with E-state index in [0.717, 1.165) is 37.7 Å². The molecule has 1 aliphatic heterocycles. The Kier molecular flexibility index (Phi) is 4.23. The zero-order valence-electron chi connectivity index (χ0n) is 10.5. The number of nitrogens with one attached hydrogen (secondary N) is 1. The molecule has 1 heterocycles. The fourth-order valence-electron chi connectivity index (χ4n) is 2.00. The second-order valence-corrected chi connectivity index (χ2v) is 4.28. The van der Waals surface area contributed by atoms with Gasteiger partial charge in [-0.05, 0) is 12.1 Å². The van der Waals surface area contributed by atoms with E-state index >= 15 is 0 Å². The van der Waals surface area contributed by atoms with Crippen molar-refractivity contribution in [2.24, 2.45) is 0 Å². The van der Waals surface area contributed by atoms with Crippen LogP contribution in [-0.2, 0) is 4.74 Å². The number of methoxy groups -OCH3 is 1. The van der Waals surface area contributed by atoms with E-state index in [1.807, 2.05) is 18.2 Å². The van der Waals surface area contributed by atoms with Crippen LogP contribution in [0.5, 0.6) is 5.75 Å². The first-order chi connectivity index (χ1) is 8.29. The Bertz CT molecular complexity index is 351. The van der Waals surface area contributed by atoms with Crippen LogP contribution in [0.1, 0.15) is 0 Å². The summed E-state index contributed by atoms with van der Waals surface area (Å²) in [6.07, 6.45) is 0.264. The molecule has 1 atom stereocenters. The topological polar surface area (TPSA) is 33.7 Å². The van der Waals surface area contributed by atoms with Crippen molar-refractivity contribution >= 4 is 5.69 Å². The first kappa shape index (κ1) is 12.2. The lowest BCUT2D eigenvalue weighted by atomic mass is 10.2. The lowest BCUT2D eigenvalue weighted by Gasteiger charge is -2.29. The summed E-state index contributed by atoms with van der Waals surface area (Å²) in [6, 6.07) is 8.08. The fraction of sp³-hybridized carbons (Fsp3) is 0.538. The molecule has 94 valence electrons. The van der Waals surface area contributed by atoms with Crippen LogP contribution in [0.2, 0.25) is 0 Å². The molecule has 1 unspecified atom stereocenters. The molecule has 17 heavy (non-hydrogen) atoms. The Morgan fingerprint density at radius 3 is 3.12 bits per heavy atom. The van der Waals surface area contributed by atoms with Crippen molar-refractivity contribution in [1.82, 2.24) is 5.32 Å². The van der Waals surface area contributed by atoms with Crippen molar-refractivity contribution in [3.8, 4) is 5.75 Å². The van der Waals surface area contributed by atoms with Gasteiger partial charge in [0.25, 0.3) is 0 Å². The molecule has 1 fully saturated rings. The summed E-state index contributed by atoms with van der Waals surface area (Å²) in [5.74, 6) is 0.886. The molecule has 1 aromatic carbocycles. The first-order valence-corrected chi connectivity index (χ1v) is 5.97. The van der Waals surface area contributed by atoms with Gasteiger partial charge in [0.1, 0.15) is 5.75 Å². The van der Waals surface area contributed by atoms with Crippen LogP contribution in [0.15, 0.2) is 24.3 Å². The van der Waals surface area contributed by atoms with Gasteiger partial charge in [-0.2, -0.15) is 0 Å². The summed E-state index contributed by atoms with van der Waals surface area (Å²) in [6.45, 7) is 3.57. The van der Waals surface area contributed by atoms with E-state index < -0.39 is 0 Å². The number of likely N-dealkylation sites (N-methyl/N-ethyl adjacent to an activating group) is 1. The Hall–Kier alpha value is -1.26. The van der Waals surface area contributed by atoms with Gasteiger partial charge < -0.3 is 19.7 Å². The molecule has 4 heteroatoms. The summed E-state index contributed by atoms with van der Waals surface area (Å²) >= 11 is 0. The normalized spacial score (nSPS) is 20.0. The van der Waals surface area contributed by atoms with Crippen LogP contribution in [-0.4, -0.2) is 46.5 Å². The van der Waals surface area contributed by atoms with Crippen molar-refractivity contribution in [2.75, 3.05) is 45.3 Å². The molecule has 0 aliphatic carbocycles. The molecule has 1 aromatic rings. The number of hydrogen-bond donors (Lipinski definition) is 1. The lowest BCUT2D eigenvalue weighted by Crippen LogP contribution is -2.44. The molecule has 0 saturated carbocycles. The van der Waals surface area contributed by atoms with Gasteiger partial charge in [0, 0.05) is 38.4 Å². The van der Waals surface area contributed by atoms with Gasteiger partial charge in [0.2, 0.25) is 0 Å². The molecule has 1 N–H and O–H groups in total. The lowest BCUT2D eigenvalue weighted by molar-refractivity contribution is 0.0340. The molecule has 1 aliphatic rings. The monoisotopic (exact) mass is 236 g/mol. The van der Waals surface area contributed by atoms with Crippen molar-refractivity contribution in [3.63, 3.8) is 0 Å². The highest BCUT2D eigenvalue weighted by molar-refractivity contribution is 5.50. The second-order valence-electron chi connectivity index (χ2n) is 4.28. The van der Waals surface area contributed by atoms with Gasteiger partial charge in [-0.1, -0.05) is 6.07 Å². The summed E-state index contributed by atoms with van der Waals surface area (Å²) in [5.41, 5.74) is 1.15. The molecule has 2 rings (SSSR count). The van der Waals surface area contributed by atoms with E-state index in [-0.39, 0.29) is 6.10 Å². The molecule has 0 bridgehead atoms. The molecular formula is C13H20N2O2. The average molecular weight is 236 g/mol. The molecule has 0 amide bonds. The van der Waals surface area contributed by atoms with E-state index in [1.165, 1.54) is 0 Å². The maximum Gasteiger partial charge on any atom is 0.120 e. The van der Waals surface area contributed by atoms with Gasteiger partial charge in [-0.15, -0.1) is 0 Å². The number of morpholine rings is 1. The maximum absolute atomic E-state index is 5.69. The third kappa shape index (κ3) is 3.35. The number of nitrogens with zero attached hydrogens (tertiary/aromatic N) is 1. The van der Waals surface area contributed by atoms with E-state index in [1.54, 1.807) is 7.11 Å². The highest BCUT2D eigenvalue weighted by Crippen LogP contribution is 2.20. The van der Waals surface area contributed by atoms with Gasteiger partial charge >= 0.3 is 0 Å². The van der Waals surface area contributed by atoms with E-state index in [0.29, 0.717) is 0 Å². The molecule has 4 nitrogen and oxygen atoms in total. The van der Waals surface area contributed by atoms with Crippen molar-refractivity contribution in [3.05, 3.63) is 24.3 Å². The molecular weight excluding hydrogens is 216 g/mol. The second kappa shape index (κ2) is 5.89. The van der Waals surface area contributed by atoms with Crippen LogP contribution in [0, 0.1) is 0 Å². The Balaban J connectivity index is 1.95. The average Bonchev–Trinajstić information content (AvgIpc) is 2.40. The standard InChI is InChI=1S/C13H20N2O2/c1-15(10-13-9-14-6-7-17-13)11-4-3-5-12(8-11)16-2/h3-5,8,13-14H,6-7,9-10H2,1-2H3. The SMILES string of the molecule is COc1cccc(N(C)CC2CNCCO2)c1. The number of benzene rings is 1. The molecule has 0 aromatic heterocycles.